The highest BCUT2D eigenvalue weighted by molar-refractivity contribution is 6.06. The second-order valence-corrected chi connectivity index (χ2v) is 7.05. The van der Waals surface area contributed by atoms with Gasteiger partial charge in [0.2, 0.25) is 0 Å². The maximum Gasteiger partial charge on any atom is 0.337 e. The Balaban J connectivity index is 2.09. The van der Waals surface area contributed by atoms with Gasteiger partial charge in [0.05, 0.1) is 5.69 Å². The SMILES string of the molecule is CC(=O)Oc1cc(OC(C)=O)cc(C(=O)Nc2c(N)n(-c3ccc(F)cc3)c(=O)n(C)c2=O)c1. The van der Waals surface area contributed by atoms with Crippen molar-refractivity contribution in [3.05, 3.63) is 74.7 Å². The number of hydrogen-bond acceptors (Lipinski definition) is 8. The fourth-order valence-electron chi connectivity index (χ4n) is 3.02. The van der Waals surface area contributed by atoms with Crippen LogP contribution in [0.2, 0.25) is 0 Å². The van der Waals surface area contributed by atoms with E-state index in [-0.39, 0.29) is 22.7 Å². The van der Waals surface area contributed by atoms with Gasteiger partial charge in [0.25, 0.3) is 11.5 Å². The summed E-state index contributed by atoms with van der Waals surface area (Å²) < 4.78 is 24.9. The van der Waals surface area contributed by atoms with Crippen LogP contribution in [-0.2, 0) is 16.6 Å². The minimum Gasteiger partial charge on any atom is -0.427 e. The molecule has 0 atom stereocenters. The molecular formula is C22H19FN4O7. The lowest BCUT2D eigenvalue weighted by Crippen LogP contribution is -2.40. The predicted molar refractivity (Wildman–Crippen MR) is 119 cm³/mol. The van der Waals surface area contributed by atoms with Crippen LogP contribution in [0.15, 0.2) is 52.1 Å². The molecule has 0 bridgehead atoms. The molecule has 1 amide bonds. The van der Waals surface area contributed by atoms with E-state index in [9.17, 15) is 28.4 Å². The molecule has 1 heterocycles. The minimum absolute atomic E-state index is 0.0893. The summed E-state index contributed by atoms with van der Waals surface area (Å²) >= 11 is 0. The average molecular weight is 470 g/mol. The first kappa shape index (κ1) is 23.9. The minimum atomic E-state index is -0.898. The summed E-state index contributed by atoms with van der Waals surface area (Å²) in [6, 6.07) is 8.33. The molecule has 176 valence electrons. The van der Waals surface area contributed by atoms with Gasteiger partial charge in [0.1, 0.15) is 28.8 Å². The number of halogens is 1. The third kappa shape index (κ3) is 5.01. The molecule has 0 aliphatic rings. The van der Waals surface area contributed by atoms with Gasteiger partial charge in [-0.3, -0.25) is 23.7 Å². The molecule has 3 aromatic rings. The largest absolute Gasteiger partial charge is 0.427 e. The molecule has 3 N–H and O–H groups in total. The standard InChI is InChI=1S/C22H19FN4O7/c1-11(28)33-16-8-13(9-17(10-16)34-12(2)29)20(30)25-18-19(24)27(22(32)26(3)21(18)31)15-6-4-14(23)5-7-15/h4-10H,24H2,1-3H3,(H,25,30). The van der Waals surface area contributed by atoms with Crippen molar-refractivity contribution in [2.24, 2.45) is 7.05 Å². The number of nitrogens with two attached hydrogens (primary N) is 1. The number of nitrogens with zero attached hydrogens (tertiary/aromatic N) is 2. The van der Waals surface area contributed by atoms with Gasteiger partial charge >= 0.3 is 17.6 Å². The van der Waals surface area contributed by atoms with Crippen molar-refractivity contribution in [3.8, 4) is 17.2 Å². The summed E-state index contributed by atoms with van der Waals surface area (Å²) in [5.74, 6) is -3.38. The van der Waals surface area contributed by atoms with Crippen molar-refractivity contribution in [1.29, 1.82) is 0 Å². The van der Waals surface area contributed by atoms with E-state index in [4.69, 9.17) is 15.2 Å². The summed E-state index contributed by atoms with van der Waals surface area (Å²) in [7, 11) is 1.18. The number of aromatic nitrogens is 2. The number of nitrogens with one attached hydrogen (secondary N) is 1. The number of rotatable bonds is 5. The van der Waals surface area contributed by atoms with Crippen molar-refractivity contribution >= 4 is 29.4 Å². The second kappa shape index (κ2) is 9.40. The molecule has 0 radical (unpaired) electrons. The van der Waals surface area contributed by atoms with E-state index in [1.807, 2.05) is 0 Å². The molecule has 0 saturated heterocycles. The molecule has 12 heteroatoms. The Hall–Kier alpha value is -4.74. The summed E-state index contributed by atoms with van der Waals surface area (Å²) in [4.78, 5) is 60.9. The first-order valence-electron chi connectivity index (χ1n) is 9.68. The molecule has 0 unspecified atom stereocenters. The van der Waals surface area contributed by atoms with Gasteiger partial charge in [0.15, 0.2) is 0 Å². The third-order valence-electron chi connectivity index (χ3n) is 4.48. The van der Waals surface area contributed by atoms with E-state index in [2.05, 4.69) is 5.32 Å². The number of hydrogen-bond donors (Lipinski definition) is 2. The van der Waals surface area contributed by atoms with E-state index in [1.165, 1.54) is 37.4 Å². The lowest BCUT2D eigenvalue weighted by Gasteiger charge is -2.16. The quantitative estimate of drug-likeness (QED) is 0.419. The molecule has 0 aliphatic heterocycles. The van der Waals surface area contributed by atoms with Gasteiger partial charge < -0.3 is 20.5 Å². The topological polar surface area (TPSA) is 152 Å². The molecule has 11 nitrogen and oxygen atoms in total. The second-order valence-electron chi connectivity index (χ2n) is 7.05. The maximum atomic E-state index is 13.3. The van der Waals surface area contributed by atoms with Gasteiger partial charge in [-0.25, -0.2) is 13.8 Å². The van der Waals surface area contributed by atoms with Gasteiger partial charge in [-0.2, -0.15) is 0 Å². The van der Waals surface area contributed by atoms with Crippen LogP contribution in [0.4, 0.5) is 15.9 Å². The number of esters is 2. The van der Waals surface area contributed by atoms with Crippen molar-refractivity contribution in [2.45, 2.75) is 13.8 Å². The van der Waals surface area contributed by atoms with Crippen LogP contribution >= 0.6 is 0 Å². The normalized spacial score (nSPS) is 10.5. The zero-order chi connectivity index (χ0) is 25.2. The molecule has 0 spiro atoms. The van der Waals surface area contributed by atoms with Gasteiger partial charge in [0, 0.05) is 32.5 Å². The van der Waals surface area contributed by atoms with E-state index in [0.29, 0.717) is 0 Å². The molecule has 2 aromatic carbocycles. The van der Waals surface area contributed by atoms with E-state index in [0.717, 1.165) is 35.1 Å². The van der Waals surface area contributed by atoms with Crippen LogP contribution in [0.5, 0.6) is 11.5 Å². The summed E-state index contributed by atoms with van der Waals surface area (Å²) in [6.45, 7) is 2.28. The smallest absolute Gasteiger partial charge is 0.337 e. The Morgan fingerprint density at radius 1 is 0.941 bits per heavy atom. The molecule has 3 rings (SSSR count). The van der Waals surface area contributed by atoms with Crippen LogP contribution in [0, 0.1) is 5.82 Å². The van der Waals surface area contributed by atoms with Crippen LogP contribution in [0.1, 0.15) is 24.2 Å². The van der Waals surface area contributed by atoms with Gasteiger partial charge in [-0.1, -0.05) is 0 Å². The molecule has 0 aliphatic carbocycles. The Bertz CT molecular complexity index is 1390. The van der Waals surface area contributed by atoms with Crippen molar-refractivity contribution in [3.63, 3.8) is 0 Å². The van der Waals surface area contributed by atoms with Crippen LogP contribution in [0.25, 0.3) is 5.69 Å². The first-order chi connectivity index (χ1) is 16.0. The molecule has 34 heavy (non-hydrogen) atoms. The average Bonchev–Trinajstić information content (AvgIpc) is 2.75. The summed E-state index contributed by atoms with van der Waals surface area (Å²) in [5.41, 5.74) is 3.91. The number of amides is 1. The number of anilines is 2. The fraction of sp³-hybridized carbons (Fsp3) is 0.136. The fourth-order valence-corrected chi connectivity index (χ4v) is 3.02. The van der Waals surface area contributed by atoms with Crippen molar-refractivity contribution in [1.82, 2.24) is 9.13 Å². The Kier molecular flexibility index (Phi) is 6.61. The van der Waals surface area contributed by atoms with Gasteiger partial charge in [-0.05, 0) is 36.4 Å². The van der Waals surface area contributed by atoms with E-state index < -0.39 is 46.4 Å². The Morgan fingerprint density at radius 3 is 1.97 bits per heavy atom. The van der Waals surface area contributed by atoms with E-state index in [1.54, 1.807) is 0 Å². The lowest BCUT2D eigenvalue weighted by molar-refractivity contribution is -0.132. The number of nitrogen functional groups attached to an aromatic ring is 1. The zero-order valence-corrected chi connectivity index (χ0v) is 18.2. The van der Waals surface area contributed by atoms with Gasteiger partial charge in [-0.15, -0.1) is 0 Å². The number of carbonyl (C=O) groups is 3. The Labute approximate surface area is 191 Å². The zero-order valence-electron chi connectivity index (χ0n) is 18.2. The maximum absolute atomic E-state index is 13.3. The summed E-state index contributed by atoms with van der Waals surface area (Å²) in [5, 5.41) is 2.33. The Morgan fingerprint density at radius 2 is 1.47 bits per heavy atom. The van der Waals surface area contributed by atoms with Crippen molar-refractivity contribution < 1.29 is 28.2 Å². The molecule has 0 fully saturated rings. The van der Waals surface area contributed by atoms with Crippen molar-refractivity contribution in [2.75, 3.05) is 11.1 Å². The number of benzene rings is 2. The highest BCUT2D eigenvalue weighted by Crippen LogP contribution is 2.25. The monoisotopic (exact) mass is 470 g/mol. The highest BCUT2D eigenvalue weighted by atomic mass is 19.1. The number of ether oxygens (including phenoxy) is 2. The first-order valence-corrected chi connectivity index (χ1v) is 9.68. The lowest BCUT2D eigenvalue weighted by atomic mass is 10.2. The highest BCUT2D eigenvalue weighted by Gasteiger charge is 2.20. The van der Waals surface area contributed by atoms with E-state index >= 15 is 0 Å². The number of carbonyl (C=O) groups excluding carboxylic acids is 3. The van der Waals surface area contributed by atoms with Crippen LogP contribution in [0.3, 0.4) is 0 Å². The predicted octanol–water partition coefficient (Wildman–Crippen LogP) is 1.36. The third-order valence-corrected chi connectivity index (χ3v) is 4.48. The molecular weight excluding hydrogens is 451 g/mol. The summed E-state index contributed by atoms with van der Waals surface area (Å²) in [6.07, 6.45) is 0. The molecule has 1 aromatic heterocycles. The van der Waals surface area contributed by atoms with Crippen LogP contribution < -0.4 is 31.8 Å². The molecule has 0 saturated carbocycles. The van der Waals surface area contributed by atoms with Crippen LogP contribution in [-0.4, -0.2) is 27.0 Å².